The van der Waals surface area contributed by atoms with Crippen LogP contribution in [0.2, 0.25) is 0 Å². The maximum atomic E-state index is 12.0. The number of esters is 1. The molecular formula is C16H20O4. The van der Waals surface area contributed by atoms with Crippen molar-refractivity contribution in [3.63, 3.8) is 0 Å². The summed E-state index contributed by atoms with van der Waals surface area (Å²) in [6.07, 6.45) is 0.976. The molecule has 108 valence electrons. The van der Waals surface area contributed by atoms with Gasteiger partial charge in [-0.25, -0.2) is 4.79 Å². The molecule has 0 bridgehead atoms. The summed E-state index contributed by atoms with van der Waals surface area (Å²) >= 11 is 0. The van der Waals surface area contributed by atoms with Gasteiger partial charge in [-0.05, 0) is 37.5 Å². The van der Waals surface area contributed by atoms with Crippen LogP contribution >= 0.6 is 0 Å². The number of carbonyl (C=O) groups excluding carboxylic acids is 1. The van der Waals surface area contributed by atoms with Gasteiger partial charge in [-0.1, -0.05) is 19.1 Å². The molecule has 0 aromatic rings. The molecule has 3 fully saturated rings. The standard InChI is InChI=1S/C16H20O4/c1-7-9-5-12(9)15(3)10(7)6-11-8(2)13(17)20-16(11,19-4)14(15)18/h9-10,12,14,18H,1,5-6H2,2-4H3/t9-,10+,12-,14?,15-,16-/m1/s1. The van der Waals surface area contributed by atoms with E-state index in [0.29, 0.717) is 23.8 Å². The van der Waals surface area contributed by atoms with Crippen LogP contribution in [0.15, 0.2) is 23.3 Å². The highest BCUT2D eigenvalue weighted by Crippen LogP contribution is 2.73. The Morgan fingerprint density at radius 1 is 1.50 bits per heavy atom. The molecule has 0 amide bonds. The van der Waals surface area contributed by atoms with E-state index in [1.807, 2.05) is 0 Å². The van der Waals surface area contributed by atoms with Crippen LogP contribution in [0, 0.1) is 23.2 Å². The first kappa shape index (κ1) is 12.6. The summed E-state index contributed by atoms with van der Waals surface area (Å²) in [7, 11) is 1.51. The third kappa shape index (κ3) is 1.07. The molecule has 3 saturated carbocycles. The molecule has 1 N–H and O–H groups in total. The predicted octanol–water partition coefficient (Wildman–Crippen LogP) is 1.80. The zero-order chi connectivity index (χ0) is 14.4. The van der Waals surface area contributed by atoms with Crippen molar-refractivity contribution in [1.82, 2.24) is 0 Å². The Morgan fingerprint density at radius 3 is 2.85 bits per heavy atom. The second-order valence-corrected chi connectivity index (χ2v) is 6.91. The summed E-state index contributed by atoms with van der Waals surface area (Å²) in [5, 5.41) is 11.0. The Labute approximate surface area is 118 Å². The quantitative estimate of drug-likeness (QED) is 0.586. The van der Waals surface area contributed by atoms with Crippen molar-refractivity contribution in [3.8, 4) is 0 Å². The zero-order valence-corrected chi connectivity index (χ0v) is 12.1. The molecule has 1 heterocycles. The Balaban J connectivity index is 1.89. The van der Waals surface area contributed by atoms with E-state index in [9.17, 15) is 9.90 Å². The molecule has 20 heavy (non-hydrogen) atoms. The maximum Gasteiger partial charge on any atom is 0.336 e. The van der Waals surface area contributed by atoms with Crippen molar-refractivity contribution in [1.29, 1.82) is 0 Å². The van der Waals surface area contributed by atoms with Gasteiger partial charge in [0.05, 0.1) is 0 Å². The molecule has 4 nitrogen and oxygen atoms in total. The fraction of sp³-hybridized carbons (Fsp3) is 0.688. The number of methoxy groups -OCH3 is 1. The molecule has 1 unspecified atom stereocenters. The number of carbonyl (C=O) groups is 1. The minimum absolute atomic E-state index is 0.226. The lowest BCUT2D eigenvalue weighted by atomic mass is 9.60. The van der Waals surface area contributed by atoms with Gasteiger partial charge in [-0.3, -0.25) is 0 Å². The van der Waals surface area contributed by atoms with E-state index in [1.54, 1.807) is 6.92 Å². The van der Waals surface area contributed by atoms with Crippen LogP contribution < -0.4 is 0 Å². The molecule has 0 saturated heterocycles. The number of hydrogen-bond donors (Lipinski definition) is 1. The van der Waals surface area contributed by atoms with Gasteiger partial charge in [0.25, 0.3) is 5.79 Å². The second kappa shape index (κ2) is 3.37. The Bertz CT molecular complexity index is 577. The van der Waals surface area contributed by atoms with Crippen LogP contribution in [-0.4, -0.2) is 30.1 Å². The minimum atomic E-state index is -1.27. The first-order chi connectivity index (χ1) is 9.37. The van der Waals surface area contributed by atoms with E-state index in [2.05, 4.69) is 13.5 Å². The average Bonchev–Trinajstić information content (AvgIpc) is 3.14. The number of rotatable bonds is 1. The van der Waals surface area contributed by atoms with Crippen molar-refractivity contribution in [3.05, 3.63) is 23.3 Å². The van der Waals surface area contributed by atoms with Crippen LogP contribution in [0.3, 0.4) is 0 Å². The van der Waals surface area contributed by atoms with Gasteiger partial charge in [-0.15, -0.1) is 0 Å². The van der Waals surface area contributed by atoms with Crippen LogP contribution in [-0.2, 0) is 14.3 Å². The zero-order valence-electron chi connectivity index (χ0n) is 12.1. The second-order valence-electron chi connectivity index (χ2n) is 6.91. The fourth-order valence-corrected chi connectivity index (χ4v) is 5.02. The lowest BCUT2D eigenvalue weighted by Crippen LogP contribution is -2.60. The maximum absolute atomic E-state index is 12.0. The summed E-state index contributed by atoms with van der Waals surface area (Å²) in [6, 6.07) is 0. The summed E-state index contributed by atoms with van der Waals surface area (Å²) in [6.45, 7) is 8.11. The molecule has 4 rings (SSSR count). The first-order valence-corrected chi connectivity index (χ1v) is 7.23. The highest BCUT2D eigenvalue weighted by molar-refractivity contribution is 5.92. The van der Waals surface area contributed by atoms with Gasteiger partial charge in [0.2, 0.25) is 0 Å². The largest absolute Gasteiger partial charge is 0.423 e. The molecule has 0 aromatic heterocycles. The van der Waals surface area contributed by atoms with E-state index in [0.717, 1.165) is 12.0 Å². The van der Waals surface area contributed by atoms with Gasteiger partial charge in [0.1, 0.15) is 6.10 Å². The third-order valence-electron chi connectivity index (χ3n) is 6.35. The highest BCUT2D eigenvalue weighted by Gasteiger charge is 2.74. The van der Waals surface area contributed by atoms with Gasteiger partial charge >= 0.3 is 5.97 Å². The molecule has 4 heteroatoms. The van der Waals surface area contributed by atoms with E-state index in [-0.39, 0.29) is 17.3 Å². The number of aliphatic hydroxyl groups excluding tert-OH is 1. The summed E-state index contributed by atoms with van der Waals surface area (Å²) in [4.78, 5) is 12.0. The van der Waals surface area contributed by atoms with E-state index >= 15 is 0 Å². The normalized spacial score (nSPS) is 52.6. The SMILES string of the molecule is C=C1[C@H]2C[C@H]2[C@]2(C)C(O)[C@]3(OC)OC(=O)C(C)=C3C[C@@H]12. The predicted molar refractivity (Wildman–Crippen MR) is 71.5 cm³/mol. The van der Waals surface area contributed by atoms with Gasteiger partial charge in [0, 0.05) is 23.7 Å². The van der Waals surface area contributed by atoms with Crippen molar-refractivity contribution < 1.29 is 19.4 Å². The summed E-state index contributed by atoms with van der Waals surface area (Å²) < 4.78 is 11.0. The number of allylic oxidation sites excluding steroid dienone is 1. The minimum Gasteiger partial charge on any atom is -0.423 e. The number of ether oxygens (including phenoxy) is 2. The van der Waals surface area contributed by atoms with Crippen molar-refractivity contribution >= 4 is 5.97 Å². The Kier molecular flexibility index (Phi) is 2.12. The van der Waals surface area contributed by atoms with Crippen molar-refractivity contribution in [2.75, 3.05) is 7.11 Å². The number of aliphatic hydroxyl groups is 1. The first-order valence-electron chi connectivity index (χ1n) is 7.23. The van der Waals surface area contributed by atoms with Crippen molar-refractivity contribution in [2.24, 2.45) is 23.2 Å². The molecule has 1 aliphatic heterocycles. The van der Waals surface area contributed by atoms with E-state index in [1.165, 1.54) is 12.7 Å². The van der Waals surface area contributed by atoms with Gasteiger partial charge in [0.15, 0.2) is 0 Å². The van der Waals surface area contributed by atoms with Crippen molar-refractivity contribution in [2.45, 2.75) is 38.6 Å². The average molecular weight is 276 g/mol. The third-order valence-corrected chi connectivity index (χ3v) is 6.35. The molecule has 4 aliphatic rings. The van der Waals surface area contributed by atoms with E-state index in [4.69, 9.17) is 9.47 Å². The molecule has 3 aliphatic carbocycles. The Hall–Kier alpha value is -1.13. The fourth-order valence-electron chi connectivity index (χ4n) is 5.02. The molecule has 0 aromatic carbocycles. The smallest absolute Gasteiger partial charge is 0.336 e. The number of hydrogen-bond acceptors (Lipinski definition) is 4. The highest BCUT2D eigenvalue weighted by atomic mass is 16.7. The summed E-state index contributed by atoms with van der Waals surface area (Å²) in [5.41, 5.74) is 2.33. The molecular weight excluding hydrogens is 256 g/mol. The van der Waals surface area contributed by atoms with Crippen LogP contribution in [0.4, 0.5) is 0 Å². The van der Waals surface area contributed by atoms with Gasteiger partial charge in [-0.2, -0.15) is 0 Å². The summed E-state index contributed by atoms with van der Waals surface area (Å²) in [5.74, 6) is -0.442. The topological polar surface area (TPSA) is 55.8 Å². The Morgan fingerprint density at radius 2 is 2.20 bits per heavy atom. The van der Waals surface area contributed by atoms with Crippen LogP contribution in [0.5, 0.6) is 0 Å². The lowest BCUT2D eigenvalue weighted by molar-refractivity contribution is -0.268. The molecule has 6 atom stereocenters. The van der Waals surface area contributed by atoms with Gasteiger partial charge < -0.3 is 14.6 Å². The molecule has 0 radical (unpaired) electrons. The molecule has 0 spiro atoms. The van der Waals surface area contributed by atoms with E-state index < -0.39 is 11.9 Å². The van der Waals surface area contributed by atoms with Crippen LogP contribution in [0.1, 0.15) is 26.7 Å². The monoisotopic (exact) mass is 276 g/mol. The van der Waals surface area contributed by atoms with Crippen LogP contribution in [0.25, 0.3) is 0 Å². The lowest BCUT2D eigenvalue weighted by Gasteiger charge is -2.51. The number of fused-ring (bicyclic) bond motifs is 4.